The Morgan fingerprint density at radius 2 is 1.89 bits per heavy atom. The molecule has 0 saturated carbocycles. The summed E-state index contributed by atoms with van der Waals surface area (Å²) in [7, 11) is 1.97. The Kier molecular flexibility index (Phi) is 6.80. The van der Waals surface area contributed by atoms with Crippen LogP contribution in [0.4, 0.5) is 30.2 Å². The zero-order valence-electron chi connectivity index (χ0n) is 20.3. The lowest BCUT2D eigenvalue weighted by Crippen LogP contribution is -2.44. The highest BCUT2D eigenvalue weighted by molar-refractivity contribution is 7.10. The van der Waals surface area contributed by atoms with Gasteiger partial charge >= 0.3 is 6.18 Å². The second-order valence-electron chi connectivity index (χ2n) is 9.03. The van der Waals surface area contributed by atoms with Crippen molar-refractivity contribution in [3.8, 4) is 0 Å². The Balaban J connectivity index is 1.39. The molecular formula is C25H26F3N7OS. The van der Waals surface area contributed by atoms with Crippen LogP contribution in [0.25, 0.3) is 5.70 Å². The van der Waals surface area contributed by atoms with Gasteiger partial charge in [-0.25, -0.2) is 0 Å². The predicted octanol–water partition coefficient (Wildman–Crippen LogP) is 4.30. The Hall–Kier alpha value is -3.61. The lowest BCUT2D eigenvalue weighted by atomic mass is 10.1. The summed E-state index contributed by atoms with van der Waals surface area (Å²) in [6.07, 6.45) is -0.939. The van der Waals surface area contributed by atoms with Gasteiger partial charge in [-0.15, -0.1) is 16.9 Å². The molecule has 0 unspecified atom stereocenters. The summed E-state index contributed by atoms with van der Waals surface area (Å²) in [6, 6.07) is 8.88. The van der Waals surface area contributed by atoms with E-state index in [-0.39, 0.29) is 5.56 Å². The minimum atomic E-state index is -4.56. The second-order valence-corrected chi connectivity index (χ2v) is 9.91. The van der Waals surface area contributed by atoms with Crippen LogP contribution in [-0.4, -0.2) is 49.0 Å². The zero-order chi connectivity index (χ0) is 26.2. The first-order valence-corrected chi connectivity index (χ1v) is 12.5. The fraction of sp³-hybridized carbons (Fsp3) is 0.280. The number of halogens is 3. The normalized spacial score (nSPS) is 16.5. The van der Waals surface area contributed by atoms with Gasteiger partial charge in [0.25, 0.3) is 5.91 Å². The molecule has 0 bridgehead atoms. The van der Waals surface area contributed by atoms with Crippen molar-refractivity contribution in [2.45, 2.75) is 13.1 Å². The maximum absolute atomic E-state index is 13.7. The fourth-order valence-corrected chi connectivity index (χ4v) is 4.81. The Bertz CT molecular complexity index is 1320. The molecule has 3 aromatic rings. The number of nitrogens with zero attached hydrogens (tertiary/aromatic N) is 4. The largest absolute Gasteiger partial charge is 0.416 e. The van der Waals surface area contributed by atoms with Crippen molar-refractivity contribution in [3.05, 3.63) is 75.9 Å². The van der Waals surface area contributed by atoms with Crippen LogP contribution in [0.2, 0.25) is 0 Å². The minimum Gasteiger partial charge on any atom is -0.369 e. The van der Waals surface area contributed by atoms with E-state index in [1.807, 2.05) is 31.1 Å². The van der Waals surface area contributed by atoms with Gasteiger partial charge in [-0.3, -0.25) is 14.8 Å². The topological polar surface area (TPSA) is 75.8 Å². The lowest BCUT2D eigenvalue weighted by molar-refractivity contribution is -0.137. The molecule has 3 N–H and O–H groups in total. The van der Waals surface area contributed by atoms with Crippen molar-refractivity contribution in [1.29, 1.82) is 0 Å². The summed E-state index contributed by atoms with van der Waals surface area (Å²) < 4.78 is 41.1. The average molecular weight is 530 g/mol. The molecule has 1 amide bonds. The van der Waals surface area contributed by atoms with Crippen molar-refractivity contribution in [2.24, 2.45) is 0 Å². The van der Waals surface area contributed by atoms with E-state index in [1.165, 1.54) is 17.4 Å². The number of thiazole rings is 1. The van der Waals surface area contributed by atoms with Gasteiger partial charge in [0, 0.05) is 55.5 Å². The van der Waals surface area contributed by atoms with E-state index in [2.05, 4.69) is 26.2 Å². The molecule has 37 heavy (non-hydrogen) atoms. The first-order valence-electron chi connectivity index (χ1n) is 11.7. The molecule has 0 radical (unpaired) electrons. The van der Waals surface area contributed by atoms with Crippen LogP contribution in [0.15, 0.2) is 54.3 Å². The van der Waals surface area contributed by atoms with Crippen molar-refractivity contribution in [1.82, 2.24) is 20.8 Å². The molecule has 2 aliphatic heterocycles. The molecule has 5 rings (SSSR count). The summed E-state index contributed by atoms with van der Waals surface area (Å²) in [6.45, 7) is 4.59. The molecule has 0 atom stereocenters. The predicted molar refractivity (Wildman–Crippen MR) is 139 cm³/mol. The number of carbonyl (C=O) groups is 1. The number of benzene rings is 2. The van der Waals surface area contributed by atoms with Gasteiger partial charge in [-0.2, -0.15) is 13.2 Å². The summed E-state index contributed by atoms with van der Waals surface area (Å²) in [5, 5.41) is 4.54. The third-order valence-electron chi connectivity index (χ3n) is 6.37. The second kappa shape index (κ2) is 10.0. The molecule has 1 fully saturated rings. The van der Waals surface area contributed by atoms with Crippen LogP contribution in [0, 0.1) is 6.92 Å². The smallest absolute Gasteiger partial charge is 0.369 e. The fourth-order valence-electron chi connectivity index (χ4n) is 4.22. The van der Waals surface area contributed by atoms with Crippen LogP contribution < -0.4 is 26.2 Å². The van der Waals surface area contributed by atoms with Gasteiger partial charge < -0.3 is 20.5 Å². The Morgan fingerprint density at radius 3 is 2.59 bits per heavy atom. The first kappa shape index (κ1) is 25.1. The number of anilines is 3. The maximum Gasteiger partial charge on any atom is 0.416 e. The van der Waals surface area contributed by atoms with E-state index in [1.54, 1.807) is 28.8 Å². The zero-order valence-corrected chi connectivity index (χ0v) is 21.1. The number of amides is 1. The monoisotopic (exact) mass is 529 g/mol. The number of piperazine rings is 1. The van der Waals surface area contributed by atoms with E-state index in [4.69, 9.17) is 0 Å². The molecule has 2 aliphatic rings. The molecule has 0 aliphatic carbocycles. The molecule has 12 heteroatoms. The highest BCUT2D eigenvalue weighted by Crippen LogP contribution is 2.34. The third kappa shape index (κ3) is 5.55. The van der Waals surface area contributed by atoms with E-state index < -0.39 is 17.6 Å². The molecule has 8 nitrogen and oxygen atoms in total. The standard InChI is InChI=1S/C25H26F3N7OS/c1-16-3-4-19(12-22(16)35-14-21(31-32-35)23-13-29-15-37-23)30-24(36)17-9-18(25(26,27)28)11-20(10-17)34-7-5-33(2)6-8-34/h3-4,9-15,31-32H,5-8H2,1-2H3,(H,30,36). The molecule has 2 aromatic carbocycles. The van der Waals surface area contributed by atoms with Crippen molar-refractivity contribution in [3.63, 3.8) is 0 Å². The molecular weight excluding hydrogens is 503 g/mol. The number of rotatable bonds is 5. The van der Waals surface area contributed by atoms with Crippen LogP contribution >= 0.6 is 11.3 Å². The molecule has 0 spiro atoms. The molecule has 1 saturated heterocycles. The summed E-state index contributed by atoms with van der Waals surface area (Å²) in [5.74, 6) is -0.607. The average Bonchev–Trinajstić information content (AvgIpc) is 3.57. The number of hydrazine groups is 2. The summed E-state index contributed by atoms with van der Waals surface area (Å²) in [5.41, 5.74) is 10.4. The molecule has 3 heterocycles. The van der Waals surface area contributed by atoms with Crippen LogP contribution in [0.1, 0.15) is 26.4 Å². The van der Waals surface area contributed by atoms with E-state index in [9.17, 15) is 18.0 Å². The number of likely N-dealkylation sites (N-methyl/N-ethyl adjacent to an activating group) is 1. The highest BCUT2D eigenvalue weighted by atomic mass is 32.1. The number of nitrogens with one attached hydrogen (secondary N) is 3. The van der Waals surface area contributed by atoms with Gasteiger partial charge in [0.05, 0.1) is 27.3 Å². The summed E-state index contributed by atoms with van der Waals surface area (Å²) >= 11 is 1.49. The Labute approximate surface area is 216 Å². The number of hydrogen-bond donors (Lipinski definition) is 3. The van der Waals surface area contributed by atoms with E-state index >= 15 is 0 Å². The van der Waals surface area contributed by atoms with Crippen molar-refractivity contribution < 1.29 is 18.0 Å². The summed E-state index contributed by atoms with van der Waals surface area (Å²) in [4.78, 5) is 22.2. The minimum absolute atomic E-state index is 0.0424. The van der Waals surface area contributed by atoms with Gasteiger partial charge in [0.15, 0.2) is 0 Å². The van der Waals surface area contributed by atoms with Gasteiger partial charge in [-0.1, -0.05) is 6.07 Å². The van der Waals surface area contributed by atoms with E-state index in [0.29, 0.717) is 24.5 Å². The molecule has 1 aromatic heterocycles. The van der Waals surface area contributed by atoms with E-state index in [0.717, 1.165) is 47.0 Å². The Morgan fingerprint density at radius 1 is 1.11 bits per heavy atom. The van der Waals surface area contributed by atoms with Crippen molar-refractivity contribution in [2.75, 3.05) is 48.5 Å². The lowest BCUT2D eigenvalue weighted by Gasteiger charge is -2.34. The number of hydrogen-bond acceptors (Lipinski definition) is 8. The third-order valence-corrected chi connectivity index (χ3v) is 7.18. The quantitative estimate of drug-likeness (QED) is 0.455. The maximum atomic E-state index is 13.7. The van der Waals surface area contributed by atoms with Crippen molar-refractivity contribution >= 4 is 40.0 Å². The number of alkyl halides is 3. The first-order chi connectivity index (χ1) is 17.7. The highest BCUT2D eigenvalue weighted by Gasteiger charge is 2.32. The van der Waals surface area contributed by atoms with Gasteiger partial charge in [-0.05, 0) is 49.9 Å². The van der Waals surface area contributed by atoms with Crippen LogP contribution in [-0.2, 0) is 6.18 Å². The number of aromatic nitrogens is 1. The van der Waals surface area contributed by atoms with Crippen LogP contribution in [0.5, 0.6) is 0 Å². The van der Waals surface area contributed by atoms with Gasteiger partial charge in [0.2, 0.25) is 0 Å². The number of aryl methyl sites for hydroxylation is 1. The molecule has 194 valence electrons. The van der Waals surface area contributed by atoms with Crippen LogP contribution in [0.3, 0.4) is 0 Å². The SMILES string of the molecule is Cc1ccc(NC(=O)c2cc(N3CCN(C)CC3)cc(C(F)(F)F)c2)cc1N1C=C(c2cncs2)NN1. The van der Waals surface area contributed by atoms with Gasteiger partial charge in [0.1, 0.15) is 0 Å². The number of carbonyl (C=O) groups excluding carboxylic acids is 1.